The highest BCUT2D eigenvalue weighted by atomic mass is 16.3. The molecule has 20 heavy (non-hydrogen) atoms. The number of rotatable bonds is 3. The number of amides is 1. The molecule has 0 fully saturated rings. The van der Waals surface area contributed by atoms with Crippen molar-refractivity contribution >= 4 is 5.91 Å². The third-order valence-corrected chi connectivity index (χ3v) is 3.76. The van der Waals surface area contributed by atoms with Crippen molar-refractivity contribution in [1.29, 1.82) is 0 Å². The normalized spacial score (nSPS) is 17.6. The number of nitrogens with zero attached hydrogens (tertiary/aromatic N) is 1. The molecule has 0 radical (unpaired) electrons. The summed E-state index contributed by atoms with van der Waals surface area (Å²) in [5.74, 6) is 0.126. The van der Waals surface area contributed by atoms with E-state index in [4.69, 9.17) is 4.42 Å². The van der Waals surface area contributed by atoms with E-state index in [-0.39, 0.29) is 11.9 Å². The molecule has 1 N–H and O–H groups in total. The summed E-state index contributed by atoms with van der Waals surface area (Å²) in [7, 11) is 1.83. The summed E-state index contributed by atoms with van der Waals surface area (Å²) in [5, 5.41) is 3.32. The summed E-state index contributed by atoms with van der Waals surface area (Å²) in [4.78, 5) is 14.2. The monoisotopic (exact) mass is 270 g/mol. The molecule has 0 saturated carbocycles. The molecule has 1 aromatic carbocycles. The van der Waals surface area contributed by atoms with Crippen LogP contribution in [0.3, 0.4) is 0 Å². The quantitative estimate of drug-likeness (QED) is 0.927. The minimum atomic E-state index is -0.137. The van der Waals surface area contributed by atoms with E-state index < -0.39 is 0 Å². The number of carbonyl (C=O) groups is 1. The Morgan fingerprint density at radius 3 is 2.90 bits per heavy atom. The van der Waals surface area contributed by atoms with E-state index >= 15 is 0 Å². The van der Waals surface area contributed by atoms with E-state index in [0.29, 0.717) is 6.54 Å². The van der Waals surface area contributed by atoms with Gasteiger partial charge in [0.25, 0.3) is 0 Å². The van der Waals surface area contributed by atoms with Crippen molar-refractivity contribution < 1.29 is 9.21 Å². The van der Waals surface area contributed by atoms with Crippen LogP contribution >= 0.6 is 0 Å². The molecule has 2 heterocycles. The number of carbonyl (C=O) groups excluding carboxylic acids is 1. The lowest BCUT2D eigenvalue weighted by molar-refractivity contribution is -0.132. The standard InChI is InChI=1S/C16H18N2O2/c1-18(10-12-6-7-20-11-12)16(19)15-8-13-4-2-3-5-14(13)9-17-15/h2-7,11,15,17H,8-10H2,1H3/t15-/m1/s1. The van der Waals surface area contributed by atoms with Gasteiger partial charge in [0.1, 0.15) is 0 Å². The molecule has 0 saturated heterocycles. The maximum absolute atomic E-state index is 12.5. The van der Waals surface area contributed by atoms with Gasteiger partial charge in [0.05, 0.1) is 18.6 Å². The molecule has 4 nitrogen and oxygen atoms in total. The SMILES string of the molecule is CN(Cc1ccoc1)C(=O)[C@H]1Cc2ccccc2CN1. The van der Waals surface area contributed by atoms with Gasteiger partial charge in [-0.3, -0.25) is 4.79 Å². The van der Waals surface area contributed by atoms with Gasteiger partial charge < -0.3 is 14.6 Å². The Balaban J connectivity index is 1.66. The summed E-state index contributed by atoms with van der Waals surface area (Å²) in [6.07, 6.45) is 4.06. The molecule has 1 atom stereocenters. The highest BCUT2D eigenvalue weighted by Crippen LogP contribution is 2.17. The van der Waals surface area contributed by atoms with E-state index in [2.05, 4.69) is 17.4 Å². The minimum Gasteiger partial charge on any atom is -0.472 e. The van der Waals surface area contributed by atoms with E-state index in [1.807, 2.05) is 25.2 Å². The highest BCUT2D eigenvalue weighted by Gasteiger charge is 2.26. The second-order valence-corrected chi connectivity index (χ2v) is 5.23. The number of benzene rings is 1. The van der Waals surface area contributed by atoms with Crippen LogP contribution in [0.5, 0.6) is 0 Å². The predicted molar refractivity (Wildman–Crippen MR) is 76.0 cm³/mol. The average Bonchev–Trinajstić information content (AvgIpc) is 2.99. The molecule has 1 aliphatic heterocycles. The minimum absolute atomic E-state index is 0.126. The molecule has 0 unspecified atom stereocenters. The van der Waals surface area contributed by atoms with Crippen molar-refractivity contribution in [2.75, 3.05) is 7.05 Å². The van der Waals surface area contributed by atoms with Gasteiger partial charge in [-0.2, -0.15) is 0 Å². The van der Waals surface area contributed by atoms with Crippen LogP contribution in [0.1, 0.15) is 16.7 Å². The third-order valence-electron chi connectivity index (χ3n) is 3.76. The van der Waals surface area contributed by atoms with Crippen molar-refractivity contribution in [3.05, 3.63) is 59.5 Å². The first-order chi connectivity index (χ1) is 9.74. The number of fused-ring (bicyclic) bond motifs is 1. The first-order valence-corrected chi connectivity index (χ1v) is 6.80. The Morgan fingerprint density at radius 1 is 1.35 bits per heavy atom. The van der Waals surface area contributed by atoms with Crippen LogP contribution < -0.4 is 5.32 Å². The molecule has 4 heteroatoms. The first-order valence-electron chi connectivity index (χ1n) is 6.80. The molecule has 1 aromatic heterocycles. The van der Waals surface area contributed by atoms with Gasteiger partial charge in [-0.05, 0) is 23.6 Å². The number of furan rings is 1. The molecule has 104 valence electrons. The van der Waals surface area contributed by atoms with Crippen LogP contribution in [-0.2, 0) is 24.3 Å². The largest absolute Gasteiger partial charge is 0.472 e. The van der Waals surface area contributed by atoms with Crippen molar-refractivity contribution in [1.82, 2.24) is 10.2 Å². The smallest absolute Gasteiger partial charge is 0.240 e. The molecule has 1 aliphatic rings. The fourth-order valence-corrected chi connectivity index (χ4v) is 2.63. The fraction of sp³-hybridized carbons (Fsp3) is 0.312. The lowest BCUT2D eigenvalue weighted by Gasteiger charge is -2.28. The van der Waals surface area contributed by atoms with Gasteiger partial charge in [-0.25, -0.2) is 0 Å². The van der Waals surface area contributed by atoms with Gasteiger partial charge in [-0.1, -0.05) is 24.3 Å². The van der Waals surface area contributed by atoms with Crippen molar-refractivity contribution in [2.45, 2.75) is 25.6 Å². The van der Waals surface area contributed by atoms with Crippen LogP contribution in [0.4, 0.5) is 0 Å². The number of nitrogens with one attached hydrogen (secondary N) is 1. The summed E-state index contributed by atoms with van der Waals surface area (Å²) in [5.41, 5.74) is 3.56. The maximum atomic E-state index is 12.5. The first kappa shape index (κ1) is 12.9. The maximum Gasteiger partial charge on any atom is 0.240 e. The van der Waals surface area contributed by atoms with Crippen molar-refractivity contribution in [2.24, 2.45) is 0 Å². The fourth-order valence-electron chi connectivity index (χ4n) is 2.63. The molecule has 0 spiro atoms. The van der Waals surface area contributed by atoms with E-state index in [1.54, 1.807) is 17.4 Å². The van der Waals surface area contributed by atoms with E-state index in [0.717, 1.165) is 18.5 Å². The Morgan fingerprint density at radius 2 is 2.15 bits per heavy atom. The second-order valence-electron chi connectivity index (χ2n) is 5.23. The second kappa shape index (κ2) is 5.51. The van der Waals surface area contributed by atoms with Gasteiger partial charge in [0, 0.05) is 25.7 Å². The summed E-state index contributed by atoms with van der Waals surface area (Å²) >= 11 is 0. The molecule has 2 aromatic rings. The number of likely N-dealkylation sites (N-methyl/N-ethyl adjacent to an activating group) is 1. The Kier molecular flexibility index (Phi) is 3.56. The van der Waals surface area contributed by atoms with Crippen molar-refractivity contribution in [3.63, 3.8) is 0 Å². The molecule has 0 bridgehead atoms. The molecule has 0 aliphatic carbocycles. The van der Waals surface area contributed by atoms with Crippen LogP contribution in [0.25, 0.3) is 0 Å². The average molecular weight is 270 g/mol. The topological polar surface area (TPSA) is 45.5 Å². The zero-order valence-corrected chi connectivity index (χ0v) is 11.5. The molecule has 1 amide bonds. The van der Waals surface area contributed by atoms with Gasteiger partial charge in [-0.15, -0.1) is 0 Å². The lowest BCUT2D eigenvalue weighted by atomic mass is 9.95. The zero-order valence-electron chi connectivity index (χ0n) is 11.5. The number of hydrogen-bond donors (Lipinski definition) is 1. The van der Waals surface area contributed by atoms with Crippen molar-refractivity contribution in [3.8, 4) is 0 Å². The van der Waals surface area contributed by atoms with Gasteiger partial charge in [0.2, 0.25) is 5.91 Å². The van der Waals surface area contributed by atoms with Crippen LogP contribution in [0.2, 0.25) is 0 Å². The highest BCUT2D eigenvalue weighted by molar-refractivity contribution is 5.82. The van der Waals surface area contributed by atoms with Crippen LogP contribution in [-0.4, -0.2) is 23.9 Å². The third kappa shape index (κ3) is 2.60. The Hall–Kier alpha value is -2.07. The molecular weight excluding hydrogens is 252 g/mol. The Labute approximate surface area is 118 Å². The summed E-state index contributed by atoms with van der Waals surface area (Å²) < 4.78 is 5.03. The molecular formula is C16H18N2O2. The predicted octanol–water partition coefficient (Wildman–Crippen LogP) is 1.95. The summed E-state index contributed by atoms with van der Waals surface area (Å²) in [6.45, 7) is 1.33. The van der Waals surface area contributed by atoms with E-state index in [1.165, 1.54) is 11.1 Å². The van der Waals surface area contributed by atoms with Gasteiger partial charge in [0.15, 0.2) is 0 Å². The Bertz CT molecular complexity index is 592. The lowest BCUT2D eigenvalue weighted by Crippen LogP contribution is -2.47. The molecule has 3 rings (SSSR count). The van der Waals surface area contributed by atoms with Crippen LogP contribution in [0.15, 0.2) is 47.3 Å². The van der Waals surface area contributed by atoms with E-state index in [9.17, 15) is 4.79 Å². The number of hydrogen-bond acceptors (Lipinski definition) is 3. The van der Waals surface area contributed by atoms with Crippen LogP contribution in [0, 0.1) is 0 Å². The van der Waals surface area contributed by atoms with Gasteiger partial charge >= 0.3 is 0 Å². The zero-order chi connectivity index (χ0) is 13.9. The summed E-state index contributed by atoms with van der Waals surface area (Å²) in [6, 6.07) is 10.0.